The first-order valence-corrected chi connectivity index (χ1v) is 9.00. The highest BCUT2D eigenvalue weighted by atomic mass is 32.2. The summed E-state index contributed by atoms with van der Waals surface area (Å²) in [6, 6.07) is 6.79. The van der Waals surface area contributed by atoms with Crippen LogP contribution in [0.3, 0.4) is 0 Å². The van der Waals surface area contributed by atoms with Crippen LogP contribution in [0.5, 0.6) is 0 Å². The van der Waals surface area contributed by atoms with Gasteiger partial charge in [-0.3, -0.25) is 4.72 Å². The van der Waals surface area contributed by atoms with Crippen LogP contribution in [0.15, 0.2) is 23.1 Å². The molecule has 0 saturated heterocycles. The molecule has 0 aliphatic carbocycles. The molecule has 0 aromatic heterocycles. The minimum atomic E-state index is 0.587. The third-order valence-electron chi connectivity index (χ3n) is 3.38. The minimum absolute atomic E-state index is 0.587. The molecule has 0 aliphatic rings. The van der Waals surface area contributed by atoms with E-state index in [2.05, 4.69) is 57.4 Å². The number of hydrogen-bond acceptors (Lipinski definition) is 3. The Hall–Kier alpha value is -0.445. The number of rotatable bonds is 10. The van der Waals surface area contributed by atoms with Gasteiger partial charge in [0.15, 0.2) is 6.71 Å². The van der Waals surface area contributed by atoms with Crippen molar-refractivity contribution in [1.29, 1.82) is 0 Å². The highest BCUT2D eigenvalue weighted by molar-refractivity contribution is 7.97. The Labute approximate surface area is 135 Å². The maximum atomic E-state index is 5.76. The summed E-state index contributed by atoms with van der Waals surface area (Å²) in [5.41, 5.74) is 2.72. The summed E-state index contributed by atoms with van der Waals surface area (Å²) in [6.07, 6.45) is 2.47. The molecule has 0 unspecified atom stereocenters. The predicted molar refractivity (Wildman–Crippen MR) is 96.8 cm³/mol. The lowest BCUT2D eigenvalue weighted by Crippen LogP contribution is -2.29. The molecule has 0 heterocycles. The summed E-state index contributed by atoms with van der Waals surface area (Å²) in [6.45, 7) is 14.2. The van der Waals surface area contributed by atoms with E-state index in [0.717, 1.165) is 13.2 Å². The molecule has 0 saturated carbocycles. The molecule has 0 fully saturated rings. The molecule has 0 atom stereocenters. The molecule has 21 heavy (non-hydrogen) atoms. The van der Waals surface area contributed by atoms with Gasteiger partial charge in [-0.15, -0.1) is 0 Å². The molecule has 4 heteroatoms. The van der Waals surface area contributed by atoms with E-state index < -0.39 is 0 Å². The van der Waals surface area contributed by atoms with Crippen LogP contribution >= 0.6 is 11.9 Å². The number of nitrogens with one attached hydrogen (secondary N) is 1. The zero-order chi connectivity index (χ0) is 15.7. The van der Waals surface area contributed by atoms with E-state index in [1.807, 2.05) is 0 Å². The van der Waals surface area contributed by atoms with Gasteiger partial charge in [-0.05, 0) is 29.5 Å². The fourth-order valence-electron chi connectivity index (χ4n) is 2.31. The Morgan fingerprint density at radius 2 is 2.05 bits per heavy atom. The number of benzene rings is 1. The highest BCUT2D eigenvalue weighted by Gasteiger charge is 2.14. The van der Waals surface area contributed by atoms with Crippen molar-refractivity contribution in [3.63, 3.8) is 0 Å². The largest absolute Gasteiger partial charge is 0.377 e. The third-order valence-corrected chi connectivity index (χ3v) is 4.38. The van der Waals surface area contributed by atoms with Crippen molar-refractivity contribution in [3.8, 4) is 0 Å². The Morgan fingerprint density at radius 3 is 2.67 bits per heavy atom. The standard InChI is InChI=1S/C17H30BNOS/c1-6-10-18(5)16-9-8-15(13-20-12-14(3)4)11-17(16)21-19-7-2/h8-9,11,14,19H,6-7,10,12-13H2,1-5H3. The third kappa shape index (κ3) is 6.90. The summed E-state index contributed by atoms with van der Waals surface area (Å²) >= 11 is 1.75. The molecule has 1 N–H and O–H groups in total. The molecule has 0 amide bonds. The minimum Gasteiger partial charge on any atom is -0.377 e. The van der Waals surface area contributed by atoms with Crippen molar-refractivity contribution in [3.05, 3.63) is 23.8 Å². The summed E-state index contributed by atoms with van der Waals surface area (Å²) in [7, 11) is 0. The van der Waals surface area contributed by atoms with E-state index >= 15 is 0 Å². The van der Waals surface area contributed by atoms with Crippen LogP contribution in [0.4, 0.5) is 0 Å². The van der Waals surface area contributed by atoms with Crippen molar-refractivity contribution in [2.24, 2.45) is 5.92 Å². The molecule has 0 spiro atoms. The van der Waals surface area contributed by atoms with Crippen molar-refractivity contribution < 1.29 is 4.74 Å². The smallest absolute Gasteiger partial charge is 0.174 e. The van der Waals surface area contributed by atoms with Gasteiger partial charge in [-0.25, -0.2) is 0 Å². The predicted octanol–water partition coefficient (Wildman–Crippen LogP) is 4.22. The van der Waals surface area contributed by atoms with Gasteiger partial charge in [0.1, 0.15) is 0 Å². The van der Waals surface area contributed by atoms with E-state index in [4.69, 9.17) is 4.74 Å². The van der Waals surface area contributed by atoms with Crippen molar-refractivity contribution in [2.75, 3.05) is 13.2 Å². The van der Waals surface area contributed by atoms with Crippen molar-refractivity contribution in [2.45, 2.75) is 58.8 Å². The van der Waals surface area contributed by atoms with E-state index in [9.17, 15) is 0 Å². The zero-order valence-electron chi connectivity index (χ0n) is 14.2. The van der Waals surface area contributed by atoms with Crippen LogP contribution < -0.4 is 10.2 Å². The fraction of sp³-hybridized carbons (Fsp3) is 0.647. The molecule has 1 rings (SSSR count). The highest BCUT2D eigenvalue weighted by Crippen LogP contribution is 2.17. The fourth-order valence-corrected chi connectivity index (χ4v) is 3.21. The van der Waals surface area contributed by atoms with E-state index in [0.29, 0.717) is 19.2 Å². The lowest BCUT2D eigenvalue weighted by Gasteiger charge is -2.15. The maximum absolute atomic E-state index is 5.76. The lowest BCUT2D eigenvalue weighted by atomic mass is 9.44. The normalized spacial score (nSPS) is 11.1. The second kappa shape index (κ2) is 10.3. The van der Waals surface area contributed by atoms with Gasteiger partial charge < -0.3 is 4.74 Å². The Bertz CT molecular complexity index is 412. The van der Waals surface area contributed by atoms with Gasteiger partial charge in [-0.1, -0.05) is 64.9 Å². The van der Waals surface area contributed by atoms with Gasteiger partial charge >= 0.3 is 0 Å². The second-order valence-electron chi connectivity index (χ2n) is 6.07. The first-order chi connectivity index (χ1) is 10.1. The summed E-state index contributed by atoms with van der Waals surface area (Å²) in [5, 5.41) is 0. The van der Waals surface area contributed by atoms with Crippen LogP contribution in [0.1, 0.15) is 39.7 Å². The van der Waals surface area contributed by atoms with Crippen LogP contribution in [0.2, 0.25) is 13.1 Å². The first-order valence-electron chi connectivity index (χ1n) is 8.18. The first kappa shape index (κ1) is 18.6. The average Bonchev–Trinajstić information content (AvgIpc) is 2.45. The Balaban J connectivity index is 2.79. The van der Waals surface area contributed by atoms with E-state index in [1.165, 1.54) is 28.7 Å². The van der Waals surface area contributed by atoms with Crippen LogP contribution in [-0.4, -0.2) is 19.9 Å². The zero-order valence-corrected chi connectivity index (χ0v) is 15.1. The van der Waals surface area contributed by atoms with Crippen LogP contribution in [-0.2, 0) is 11.3 Å². The SMILES string of the molecule is CCCB(C)c1ccc(COCC(C)C)cc1SNCC. The summed E-state index contributed by atoms with van der Waals surface area (Å²) in [4.78, 5) is 1.35. The Morgan fingerprint density at radius 1 is 1.29 bits per heavy atom. The van der Waals surface area contributed by atoms with Gasteiger partial charge in [0.2, 0.25) is 0 Å². The van der Waals surface area contributed by atoms with Gasteiger partial charge in [-0.2, -0.15) is 0 Å². The summed E-state index contributed by atoms with van der Waals surface area (Å²) in [5.74, 6) is 0.587. The molecule has 118 valence electrons. The molecular weight excluding hydrogens is 277 g/mol. The summed E-state index contributed by atoms with van der Waals surface area (Å²) < 4.78 is 9.14. The molecular formula is C17H30BNOS. The Kier molecular flexibility index (Phi) is 9.13. The van der Waals surface area contributed by atoms with E-state index in [1.54, 1.807) is 11.9 Å². The molecule has 1 aromatic rings. The number of ether oxygens (including phenoxy) is 1. The lowest BCUT2D eigenvalue weighted by molar-refractivity contribution is 0.0970. The molecule has 0 bridgehead atoms. The van der Waals surface area contributed by atoms with Gasteiger partial charge in [0, 0.05) is 18.0 Å². The molecule has 1 aromatic carbocycles. The molecule has 0 radical (unpaired) electrons. The molecule has 0 aliphatic heterocycles. The van der Waals surface area contributed by atoms with Crippen molar-refractivity contribution in [1.82, 2.24) is 4.72 Å². The maximum Gasteiger partial charge on any atom is 0.174 e. The number of hydrogen-bond donors (Lipinski definition) is 1. The van der Waals surface area contributed by atoms with Gasteiger partial charge in [0.25, 0.3) is 0 Å². The average molecular weight is 307 g/mol. The quantitative estimate of drug-likeness (QED) is 0.516. The second-order valence-corrected chi connectivity index (χ2v) is 7.00. The molecule has 2 nitrogen and oxygen atoms in total. The van der Waals surface area contributed by atoms with Gasteiger partial charge in [0.05, 0.1) is 6.61 Å². The topological polar surface area (TPSA) is 21.3 Å². The van der Waals surface area contributed by atoms with Crippen LogP contribution in [0, 0.1) is 5.92 Å². The van der Waals surface area contributed by atoms with Crippen molar-refractivity contribution >= 4 is 24.1 Å². The van der Waals surface area contributed by atoms with Crippen LogP contribution in [0.25, 0.3) is 0 Å². The monoisotopic (exact) mass is 307 g/mol. The van der Waals surface area contributed by atoms with E-state index in [-0.39, 0.29) is 0 Å².